The summed E-state index contributed by atoms with van der Waals surface area (Å²) < 4.78 is 6.44. The van der Waals surface area contributed by atoms with Crippen LogP contribution in [-0.2, 0) is 6.42 Å². The van der Waals surface area contributed by atoms with Crippen LogP contribution in [0.2, 0.25) is 0 Å². The summed E-state index contributed by atoms with van der Waals surface area (Å²) in [6.07, 6.45) is 11.2. The van der Waals surface area contributed by atoms with Crippen molar-refractivity contribution in [2.24, 2.45) is 11.3 Å². The van der Waals surface area contributed by atoms with Gasteiger partial charge in [-0.1, -0.05) is 30.7 Å². The second-order valence-electron chi connectivity index (χ2n) is 7.93. The average Bonchev–Trinajstić information content (AvgIpc) is 2.46. The Kier molecular flexibility index (Phi) is 4.03. The van der Waals surface area contributed by atoms with E-state index in [1.807, 2.05) is 12.1 Å². The molecular formula is C21H28O2. The number of phenolic OH excluding ortho intramolecular Hbond substituents is 1. The van der Waals surface area contributed by atoms with Gasteiger partial charge in [-0.2, -0.15) is 0 Å². The molecule has 0 aromatic heterocycles. The SMILES string of the molecule is CC(C)=CC=C[C@]1(C)CCC[C@]2(C)Oc3ccc(O)cc3C[C@H]12. The Morgan fingerprint density at radius 2 is 2.04 bits per heavy atom. The van der Waals surface area contributed by atoms with Crippen molar-refractivity contribution < 1.29 is 9.84 Å². The third-order valence-corrected chi connectivity index (χ3v) is 5.64. The topological polar surface area (TPSA) is 29.5 Å². The van der Waals surface area contributed by atoms with Crippen molar-refractivity contribution in [3.05, 3.63) is 47.6 Å². The summed E-state index contributed by atoms with van der Waals surface area (Å²) in [5, 5.41) is 9.80. The maximum absolute atomic E-state index is 9.80. The second-order valence-corrected chi connectivity index (χ2v) is 7.93. The summed E-state index contributed by atoms with van der Waals surface area (Å²) in [6, 6.07) is 5.50. The molecule has 1 saturated carbocycles. The zero-order valence-corrected chi connectivity index (χ0v) is 14.7. The minimum absolute atomic E-state index is 0.119. The van der Waals surface area contributed by atoms with Crippen molar-refractivity contribution in [1.29, 1.82) is 0 Å². The molecule has 1 aliphatic carbocycles. The Balaban J connectivity index is 1.97. The number of hydrogen-bond donors (Lipinski definition) is 1. The number of benzene rings is 1. The predicted molar refractivity (Wildman–Crippen MR) is 94.9 cm³/mol. The second kappa shape index (κ2) is 5.74. The van der Waals surface area contributed by atoms with Gasteiger partial charge >= 0.3 is 0 Å². The molecule has 1 heterocycles. The first-order chi connectivity index (χ1) is 10.8. The highest BCUT2D eigenvalue weighted by atomic mass is 16.5. The van der Waals surface area contributed by atoms with Crippen molar-refractivity contribution in [2.75, 3.05) is 0 Å². The lowest BCUT2D eigenvalue weighted by Gasteiger charge is -2.53. The quantitative estimate of drug-likeness (QED) is 0.739. The van der Waals surface area contributed by atoms with Crippen LogP contribution in [0.1, 0.15) is 52.5 Å². The first kappa shape index (κ1) is 16.2. The molecule has 0 bridgehead atoms. The summed E-state index contributed by atoms with van der Waals surface area (Å²) in [6.45, 7) is 8.88. The third-order valence-electron chi connectivity index (χ3n) is 5.64. The van der Waals surface area contributed by atoms with Crippen LogP contribution in [0.3, 0.4) is 0 Å². The molecular weight excluding hydrogens is 284 g/mol. The van der Waals surface area contributed by atoms with E-state index in [2.05, 4.69) is 45.9 Å². The highest BCUT2D eigenvalue weighted by Gasteiger charge is 2.51. The fourth-order valence-electron chi connectivity index (χ4n) is 4.39. The molecule has 2 heteroatoms. The minimum Gasteiger partial charge on any atom is -0.508 e. The molecule has 0 amide bonds. The lowest BCUT2D eigenvalue weighted by Crippen LogP contribution is -2.54. The average molecular weight is 312 g/mol. The lowest BCUT2D eigenvalue weighted by molar-refractivity contribution is -0.0710. The first-order valence-electron chi connectivity index (χ1n) is 8.66. The van der Waals surface area contributed by atoms with E-state index in [1.165, 1.54) is 18.4 Å². The smallest absolute Gasteiger partial charge is 0.123 e. The van der Waals surface area contributed by atoms with Crippen LogP contribution in [0, 0.1) is 11.3 Å². The van der Waals surface area contributed by atoms with Crippen molar-refractivity contribution in [3.8, 4) is 11.5 Å². The summed E-state index contributed by atoms with van der Waals surface area (Å²) in [5.74, 6) is 1.70. The van der Waals surface area contributed by atoms with Crippen LogP contribution in [0.15, 0.2) is 42.0 Å². The van der Waals surface area contributed by atoms with E-state index in [1.54, 1.807) is 6.07 Å². The molecule has 1 aliphatic heterocycles. The maximum Gasteiger partial charge on any atom is 0.123 e. The van der Waals surface area contributed by atoms with Crippen LogP contribution < -0.4 is 4.74 Å². The molecule has 0 unspecified atom stereocenters. The third kappa shape index (κ3) is 3.04. The number of aromatic hydroxyl groups is 1. The molecule has 0 spiro atoms. The number of hydrogen-bond acceptors (Lipinski definition) is 2. The molecule has 2 nitrogen and oxygen atoms in total. The van der Waals surface area contributed by atoms with Gasteiger partial charge in [-0.05, 0) is 75.6 Å². The van der Waals surface area contributed by atoms with Crippen LogP contribution in [-0.4, -0.2) is 10.7 Å². The van der Waals surface area contributed by atoms with Gasteiger partial charge in [-0.25, -0.2) is 0 Å². The number of fused-ring (bicyclic) bond motifs is 2. The zero-order valence-electron chi connectivity index (χ0n) is 14.7. The summed E-state index contributed by atoms with van der Waals surface area (Å²) in [7, 11) is 0. The summed E-state index contributed by atoms with van der Waals surface area (Å²) in [4.78, 5) is 0. The van der Waals surface area contributed by atoms with E-state index >= 15 is 0 Å². The van der Waals surface area contributed by atoms with Crippen LogP contribution >= 0.6 is 0 Å². The van der Waals surface area contributed by atoms with E-state index in [9.17, 15) is 5.11 Å². The van der Waals surface area contributed by atoms with Gasteiger partial charge in [-0.15, -0.1) is 0 Å². The number of phenols is 1. The fourth-order valence-corrected chi connectivity index (χ4v) is 4.39. The summed E-state index contributed by atoms with van der Waals surface area (Å²) >= 11 is 0. The highest BCUT2D eigenvalue weighted by Crippen LogP contribution is 2.54. The van der Waals surface area contributed by atoms with Gasteiger partial charge in [0.05, 0.1) is 0 Å². The Bertz CT molecular complexity index is 654. The molecule has 3 rings (SSSR count). The number of ether oxygens (including phenoxy) is 1. The first-order valence-corrected chi connectivity index (χ1v) is 8.66. The van der Waals surface area contributed by atoms with Crippen LogP contribution in [0.25, 0.3) is 0 Å². The minimum atomic E-state index is -0.119. The van der Waals surface area contributed by atoms with Crippen LogP contribution in [0.4, 0.5) is 0 Å². The van der Waals surface area contributed by atoms with E-state index in [0.29, 0.717) is 11.7 Å². The predicted octanol–water partition coefficient (Wildman–Crippen LogP) is 5.41. The molecule has 1 fully saturated rings. The zero-order chi connectivity index (χ0) is 16.7. The van der Waals surface area contributed by atoms with Gasteiger partial charge < -0.3 is 9.84 Å². The van der Waals surface area contributed by atoms with E-state index in [4.69, 9.17) is 4.74 Å². The fraction of sp³-hybridized carbons (Fsp3) is 0.524. The normalized spacial score (nSPS) is 32.8. The van der Waals surface area contributed by atoms with Crippen LogP contribution in [0.5, 0.6) is 11.5 Å². The van der Waals surface area contributed by atoms with E-state index in [0.717, 1.165) is 24.2 Å². The molecule has 0 saturated heterocycles. The van der Waals surface area contributed by atoms with Crippen molar-refractivity contribution in [3.63, 3.8) is 0 Å². The number of allylic oxidation sites excluding steroid dienone is 4. The molecule has 1 aromatic rings. The van der Waals surface area contributed by atoms with Crippen molar-refractivity contribution in [2.45, 2.75) is 59.0 Å². The van der Waals surface area contributed by atoms with Gasteiger partial charge in [0, 0.05) is 5.92 Å². The molecule has 2 aliphatic rings. The standard InChI is InChI=1S/C21H28O2/c1-15(2)7-5-10-20(3)11-6-12-21(4)19(20)14-16-13-17(22)8-9-18(16)23-21/h5,7-10,13,19,22H,6,11-12,14H2,1-4H3/t19-,20-,21+/m1/s1. The Morgan fingerprint density at radius 1 is 1.26 bits per heavy atom. The van der Waals surface area contributed by atoms with E-state index in [-0.39, 0.29) is 11.0 Å². The summed E-state index contributed by atoms with van der Waals surface area (Å²) in [5.41, 5.74) is 2.46. The van der Waals surface area contributed by atoms with E-state index < -0.39 is 0 Å². The Labute approximate surface area is 139 Å². The van der Waals surface area contributed by atoms with Gasteiger partial charge in [0.1, 0.15) is 17.1 Å². The molecule has 1 aromatic carbocycles. The monoisotopic (exact) mass is 312 g/mol. The van der Waals surface area contributed by atoms with Gasteiger partial charge in [0.15, 0.2) is 0 Å². The van der Waals surface area contributed by atoms with Crippen molar-refractivity contribution in [1.82, 2.24) is 0 Å². The highest BCUT2D eigenvalue weighted by molar-refractivity contribution is 5.43. The molecule has 124 valence electrons. The van der Waals surface area contributed by atoms with Gasteiger partial charge in [0.25, 0.3) is 0 Å². The molecule has 23 heavy (non-hydrogen) atoms. The maximum atomic E-state index is 9.80. The van der Waals surface area contributed by atoms with Gasteiger partial charge in [-0.3, -0.25) is 0 Å². The van der Waals surface area contributed by atoms with Gasteiger partial charge in [0.2, 0.25) is 0 Å². The molecule has 0 radical (unpaired) electrons. The Hall–Kier alpha value is -1.70. The lowest BCUT2D eigenvalue weighted by atomic mass is 9.58. The largest absolute Gasteiger partial charge is 0.508 e. The van der Waals surface area contributed by atoms with Crippen molar-refractivity contribution >= 4 is 0 Å². The number of rotatable bonds is 2. The Morgan fingerprint density at radius 3 is 2.78 bits per heavy atom. The molecule has 1 N–H and O–H groups in total. The molecule has 3 atom stereocenters.